The van der Waals surface area contributed by atoms with E-state index >= 15 is 0 Å². The van der Waals surface area contributed by atoms with E-state index in [1.54, 1.807) is 10.7 Å². The van der Waals surface area contributed by atoms with Crippen LogP contribution in [-0.4, -0.2) is 15.7 Å². The lowest BCUT2D eigenvalue weighted by atomic mass is 9.92. The Morgan fingerprint density at radius 2 is 1.65 bits per heavy atom. The third-order valence-electron chi connectivity index (χ3n) is 3.81. The number of rotatable bonds is 2. The molecular weight excluding hydrogens is 343 g/mol. The van der Waals surface area contributed by atoms with Crippen LogP contribution in [0.5, 0.6) is 0 Å². The molecule has 0 bridgehead atoms. The van der Waals surface area contributed by atoms with E-state index in [0.717, 1.165) is 17.8 Å². The molecule has 0 radical (unpaired) electrons. The van der Waals surface area contributed by atoms with Crippen molar-refractivity contribution in [3.63, 3.8) is 0 Å². The second kappa shape index (κ2) is 6.45. The Balaban J connectivity index is 2.39. The van der Waals surface area contributed by atoms with Gasteiger partial charge in [0.15, 0.2) is 0 Å². The number of alkyl halides is 3. The molecule has 0 aliphatic heterocycles. The van der Waals surface area contributed by atoms with Crippen molar-refractivity contribution in [1.29, 1.82) is 0 Å². The van der Waals surface area contributed by atoms with Crippen LogP contribution in [0.1, 0.15) is 63.2 Å². The molecule has 1 heterocycles. The molecule has 1 aromatic heterocycles. The molecule has 0 aliphatic carbocycles. The summed E-state index contributed by atoms with van der Waals surface area (Å²) in [6.45, 7) is 11.8. The summed E-state index contributed by atoms with van der Waals surface area (Å²) in [6, 6.07) is 6.12. The van der Waals surface area contributed by atoms with E-state index in [0.29, 0.717) is 5.82 Å². The predicted octanol–water partition coefficient (Wildman–Crippen LogP) is 5.21. The molecule has 4 nitrogen and oxygen atoms in total. The van der Waals surface area contributed by atoms with Crippen molar-refractivity contribution >= 4 is 11.7 Å². The first-order chi connectivity index (χ1) is 11.7. The van der Waals surface area contributed by atoms with Crippen LogP contribution in [0.3, 0.4) is 0 Å². The lowest BCUT2D eigenvalue weighted by molar-refractivity contribution is -0.137. The number of halogens is 3. The Kier molecular flexibility index (Phi) is 4.96. The molecule has 1 aromatic carbocycles. The quantitative estimate of drug-likeness (QED) is 0.792. The molecule has 1 amide bonds. The normalized spacial score (nSPS) is 13.0. The first-order valence-corrected chi connectivity index (χ1v) is 8.29. The molecule has 0 spiro atoms. The van der Waals surface area contributed by atoms with Crippen molar-refractivity contribution in [3.8, 4) is 0 Å². The molecule has 0 aliphatic rings. The molecule has 0 atom stereocenters. The molecule has 0 saturated heterocycles. The minimum Gasteiger partial charge on any atom is -0.307 e. The highest BCUT2D eigenvalue weighted by molar-refractivity contribution is 6.04. The standard InChI is InChI=1S/C19H24F3N3O/c1-17(2,3)14-11-15(25(24-14)18(4,5)6)23-16(26)12-8-7-9-13(10-12)19(20,21)22/h7-11H,1-6H3,(H,23,26). The Hall–Kier alpha value is -2.31. The Morgan fingerprint density at radius 1 is 1.04 bits per heavy atom. The number of hydrogen-bond donors (Lipinski definition) is 1. The van der Waals surface area contributed by atoms with E-state index in [4.69, 9.17) is 0 Å². The lowest BCUT2D eigenvalue weighted by Gasteiger charge is -2.23. The Bertz CT molecular complexity index is 809. The van der Waals surface area contributed by atoms with Gasteiger partial charge in [0.2, 0.25) is 0 Å². The van der Waals surface area contributed by atoms with Crippen molar-refractivity contribution in [2.45, 2.75) is 58.7 Å². The summed E-state index contributed by atoms with van der Waals surface area (Å²) < 4.78 is 40.3. The molecule has 26 heavy (non-hydrogen) atoms. The average Bonchev–Trinajstić information content (AvgIpc) is 2.90. The zero-order chi connectivity index (χ0) is 19.9. The number of benzene rings is 1. The molecular formula is C19H24F3N3O. The van der Waals surface area contributed by atoms with Crippen molar-refractivity contribution in [2.24, 2.45) is 0 Å². The van der Waals surface area contributed by atoms with E-state index in [9.17, 15) is 18.0 Å². The highest BCUT2D eigenvalue weighted by Crippen LogP contribution is 2.31. The highest BCUT2D eigenvalue weighted by atomic mass is 19.4. The monoisotopic (exact) mass is 367 g/mol. The zero-order valence-electron chi connectivity index (χ0n) is 15.8. The molecule has 7 heteroatoms. The summed E-state index contributed by atoms with van der Waals surface area (Å²) in [4.78, 5) is 12.5. The molecule has 2 aromatic rings. The fourth-order valence-corrected chi connectivity index (χ4v) is 2.37. The van der Waals surface area contributed by atoms with Gasteiger partial charge >= 0.3 is 6.18 Å². The van der Waals surface area contributed by atoms with Crippen LogP contribution in [0, 0.1) is 0 Å². The third kappa shape index (κ3) is 4.45. The number of hydrogen-bond acceptors (Lipinski definition) is 2. The number of amides is 1. The maximum Gasteiger partial charge on any atom is 0.416 e. The molecule has 142 valence electrons. The van der Waals surface area contributed by atoms with Crippen molar-refractivity contribution in [2.75, 3.05) is 5.32 Å². The Labute approximate surface area is 151 Å². The fraction of sp³-hybridized carbons (Fsp3) is 0.474. The number of carbonyl (C=O) groups is 1. The van der Waals surface area contributed by atoms with Crippen molar-refractivity contribution in [3.05, 3.63) is 47.2 Å². The number of nitrogens with one attached hydrogen (secondary N) is 1. The van der Waals surface area contributed by atoms with Crippen LogP contribution in [0.15, 0.2) is 30.3 Å². The van der Waals surface area contributed by atoms with Gasteiger partial charge in [-0.1, -0.05) is 26.8 Å². The minimum atomic E-state index is -4.50. The topological polar surface area (TPSA) is 46.9 Å². The SMILES string of the molecule is CC(C)(C)c1cc(NC(=O)c2cccc(C(F)(F)F)c2)n(C(C)(C)C)n1. The second-order valence-electron chi connectivity index (χ2n) is 8.28. The predicted molar refractivity (Wildman–Crippen MR) is 95.3 cm³/mol. The maximum atomic E-state index is 12.9. The molecule has 0 saturated carbocycles. The largest absolute Gasteiger partial charge is 0.416 e. The van der Waals surface area contributed by atoms with Gasteiger partial charge < -0.3 is 5.32 Å². The summed E-state index contributed by atoms with van der Waals surface area (Å²) in [6.07, 6.45) is -4.50. The van der Waals surface area contributed by atoms with Gasteiger partial charge in [-0.25, -0.2) is 4.68 Å². The average molecular weight is 367 g/mol. The summed E-state index contributed by atoms with van der Waals surface area (Å²) >= 11 is 0. The zero-order valence-corrected chi connectivity index (χ0v) is 15.8. The fourth-order valence-electron chi connectivity index (χ4n) is 2.37. The molecule has 0 unspecified atom stereocenters. The number of aromatic nitrogens is 2. The van der Waals surface area contributed by atoms with E-state index in [1.807, 2.05) is 41.5 Å². The highest BCUT2D eigenvalue weighted by Gasteiger charge is 2.31. The number of anilines is 1. The molecule has 0 fully saturated rings. The van der Waals surface area contributed by atoms with E-state index in [-0.39, 0.29) is 11.0 Å². The number of carbonyl (C=O) groups excluding carboxylic acids is 1. The summed E-state index contributed by atoms with van der Waals surface area (Å²) in [7, 11) is 0. The van der Waals surface area contributed by atoms with Crippen LogP contribution in [0.2, 0.25) is 0 Å². The van der Waals surface area contributed by atoms with Gasteiger partial charge in [-0.3, -0.25) is 4.79 Å². The van der Waals surface area contributed by atoms with Crippen LogP contribution >= 0.6 is 0 Å². The second-order valence-corrected chi connectivity index (χ2v) is 8.28. The number of nitrogens with zero attached hydrogens (tertiary/aromatic N) is 2. The van der Waals surface area contributed by atoms with Gasteiger partial charge in [0.25, 0.3) is 5.91 Å². The smallest absolute Gasteiger partial charge is 0.307 e. The summed E-state index contributed by atoms with van der Waals surface area (Å²) in [5.74, 6) is -0.160. The molecule has 2 rings (SSSR count). The summed E-state index contributed by atoms with van der Waals surface area (Å²) in [5.41, 5.74) is -0.762. The van der Waals surface area contributed by atoms with E-state index < -0.39 is 23.2 Å². The first kappa shape index (κ1) is 20.0. The summed E-state index contributed by atoms with van der Waals surface area (Å²) in [5, 5.41) is 7.28. The van der Waals surface area contributed by atoms with Gasteiger partial charge in [0.05, 0.1) is 16.8 Å². The van der Waals surface area contributed by atoms with Gasteiger partial charge in [0, 0.05) is 17.0 Å². The first-order valence-electron chi connectivity index (χ1n) is 8.29. The van der Waals surface area contributed by atoms with Crippen molar-refractivity contribution < 1.29 is 18.0 Å². The van der Waals surface area contributed by atoms with Crippen LogP contribution in [-0.2, 0) is 17.1 Å². The van der Waals surface area contributed by atoms with Crippen molar-refractivity contribution in [1.82, 2.24) is 9.78 Å². The van der Waals surface area contributed by atoms with Crippen LogP contribution in [0.25, 0.3) is 0 Å². The third-order valence-corrected chi connectivity index (χ3v) is 3.81. The lowest BCUT2D eigenvalue weighted by Crippen LogP contribution is -2.27. The minimum absolute atomic E-state index is 0.0567. The van der Waals surface area contributed by atoms with Gasteiger partial charge in [-0.05, 0) is 39.0 Å². The van der Waals surface area contributed by atoms with Gasteiger partial charge in [-0.2, -0.15) is 18.3 Å². The van der Waals surface area contributed by atoms with E-state index in [1.165, 1.54) is 12.1 Å². The van der Waals surface area contributed by atoms with Crippen LogP contribution in [0.4, 0.5) is 19.0 Å². The van der Waals surface area contributed by atoms with Gasteiger partial charge in [-0.15, -0.1) is 0 Å². The van der Waals surface area contributed by atoms with Gasteiger partial charge in [0.1, 0.15) is 5.82 Å². The Morgan fingerprint density at radius 3 is 2.15 bits per heavy atom. The van der Waals surface area contributed by atoms with Crippen LogP contribution < -0.4 is 5.32 Å². The van der Waals surface area contributed by atoms with E-state index in [2.05, 4.69) is 10.4 Å². The maximum absolute atomic E-state index is 12.9. The molecule has 1 N–H and O–H groups in total.